The molecule has 0 fully saturated rings. The molecule has 0 N–H and O–H groups in total. The summed E-state index contributed by atoms with van der Waals surface area (Å²) in [6.07, 6.45) is 0.974. The molecular weight excluding hydrogens is 201 g/mol. The second-order valence-electron chi connectivity index (χ2n) is 3.80. The van der Waals surface area contributed by atoms with Crippen LogP contribution in [0.5, 0.6) is 0 Å². The Bertz CT molecular complexity index is 506. The highest BCUT2D eigenvalue weighted by Crippen LogP contribution is 2.19. The van der Waals surface area contributed by atoms with E-state index in [1.54, 1.807) is 6.07 Å². The number of rotatable bonds is 2. The van der Waals surface area contributed by atoms with E-state index in [9.17, 15) is 4.39 Å². The summed E-state index contributed by atoms with van der Waals surface area (Å²) >= 11 is 0. The molecule has 0 bridgehead atoms. The maximum atomic E-state index is 13.1. The standard InChI is InChI=1S/C14H14FN/c1-3-11-7-8-14(16-10(11)2)12-5-4-6-13(15)9-12/h4-9H,3H2,1-2H3. The zero-order valence-electron chi connectivity index (χ0n) is 9.50. The van der Waals surface area contributed by atoms with Crippen LogP contribution in [0.25, 0.3) is 11.3 Å². The van der Waals surface area contributed by atoms with Crippen molar-refractivity contribution < 1.29 is 4.39 Å². The molecule has 0 atom stereocenters. The predicted molar refractivity (Wildman–Crippen MR) is 63.7 cm³/mol. The van der Waals surface area contributed by atoms with Crippen molar-refractivity contribution in [3.63, 3.8) is 0 Å². The van der Waals surface area contributed by atoms with E-state index < -0.39 is 0 Å². The van der Waals surface area contributed by atoms with Crippen LogP contribution in [0.3, 0.4) is 0 Å². The summed E-state index contributed by atoms with van der Waals surface area (Å²) in [5.41, 5.74) is 3.91. The number of aromatic nitrogens is 1. The van der Waals surface area contributed by atoms with Crippen LogP contribution in [0.4, 0.5) is 4.39 Å². The molecule has 2 rings (SSSR count). The molecule has 0 aliphatic carbocycles. The van der Waals surface area contributed by atoms with Crippen molar-refractivity contribution in [2.45, 2.75) is 20.3 Å². The summed E-state index contributed by atoms with van der Waals surface area (Å²) in [6, 6.07) is 10.5. The van der Waals surface area contributed by atoms with Gasteiger partial charge in [0.25, 0.3) is 0 Å². The Morgan fingerprint density at radius 3 is 2.62 bits per heavy atom. The molecule has 2 heteroatoms. The van der Waals surface area contributed by atoms with Gasteiger partial charge in [0.1, 0.15) is 5.82 Å². The number of hydrogen-bond donors (Lipinski definition) is 0. The van der Waals surface area contributed by atoms with Gasteiger partial charge in [0, 0.05) is 11.3 Å². The smallest absolute Gasteiger partial charge is 0.123 e. The first-order chi connectivity index (χ1) is 7.70. The Morgan fingerprint density at radius 1 is 1.19 bits per heavy atom. The number of nitrogens with zero attached hydrogens (tertiary/aromatic N) is 1. The Balaban J connectivity index is 2.45. The first-order valence-corrected chi connectivity index (χ1v) is 5.43. The van der Waals surface area contributed by atoms with E-state index in [4.69, 9.17) is 0 Å². The van der Waals surface area contributed by atoms with Crippen LogP contribution in [0, 0.1) is 12.7 Å². The highest BCUT2D eigenvalue weighted by molar-refractivity contribution is 5.59. The van der Waals surface area contributed by atoms with E-state index in [1.807, 2.05) is 19.1 Å². The molecule has 1 aromatic heterocycles. The van der Waals surface area contributed by atoms with Crippen LogP contribution in [0.15, 0.2) is 36.4 Å². The first kappa shape index (κ1) is 10.8. The Hall–Kier alpha value is -1.70. The molecule has 2 aromatic rings. The summed E-state index contributed by atoms with van der Waals surface area (Å²) in [5, 5.41) is 0. The van der Waals surface area contributed by atoms with E-state index in [0.717, 1.165) is 23.4 Å². The van der Waals surface area contributed by atoms with E-state index >= 15 is 0 Å². The summed E-state index contributed by atoms with van der Waals surface area (Å²) in [7, 11) is 0. The molecule has 0 saturated carbocycles. The molecule has 0 radical (unpaired) electrons. The summed E-state index contributed by atoms with van der Waals surface area (Å²) < 4.78 is 13.1. The average molecular weight is 215 g/mol. The molecular formula is C14H14FN. The predicted octanol–water partition coefficient (Wildman–Crippen LogP) is 3.76. The van der Waals surface area contributed by atoms with Gasteiger partial charge in [-0.25, -0.2) is 4.39 Å². The SMILES string of the molecule is CCc1ccc(-c2cccc(F)c2)nc1C. The van der Waals surface area contributed by atoms with Crippen LogP contribution < -0.4 is 0 Å². The van der Waals surface area contributed by atoms with Crippen molar-refractivity contribution >= 4 is 0 Å². The van der Waals surface area contributed by atoms with Gasteiger partial charge in [-0.05, 0) is 37.1 Å². The summed E-state index contributed by atoms with van der Waals surface area (Å²) in [5.74, 6) is -0.225. The van der Waals surface area contributed by atoms with Gasteiger partial charge in [-0.15, -0.1) is 0 Å². The van der Waals surface area contributed by atoms with Gasteiger partial charge >= 0.3 is 0 Å². The minimum atomic E-state index is -0.225. The third kappa shape index (κ3) is 2.11. The Labute approximate surface area is 95.0 Å². The Morgan fingerprint density at radius 2 is 2.00 bits per heavy atom. The van der Waals surface area contributed by atoms with Gasteiger partial charge < -0.3 is 0 Å². The minimum absolute atomic E-state index is 0.225. The fraction of sp³-hybridized carbons (Fsp3) is 0.214. The molecule has 82 valence electrons. The maximum absolute atomic E-state index is 13.1. The molecule has 0 unspecified atom stereocenters. The summed E-state index contributed by atoms with van der Waals surface area (Å²) in [4.78, 5) is 4.49. The zero-order valence-corrected chi connectivity index (χ0v) is 9.50. The van der Waals surface area contributed by atoms with Crippen molar-refractivity contribution in [2.75, 3.05) is 0 Å². The fourth-order valence-corrected chi connectivity index (χ4v) is 1.77. The van der Waals surface area contributed by atoms with Crippen molar-refractivity contribution in [3.05, 3.63) is 53.5 Å². The number of benzene rings is 1. The van der Waals surface area contributed by atoms with Crippen LogP contribution in [-0.2, 0) is 6.42 Å². The summed E-state index contributed by atoms with van der Waals surface area (Å²) in [6.45, 7) is 4.09. The fourth-order valence-electron chi connectivity index (χ4n) is 1.77. The Kier molecular flexibility index (Phi) is 3.00. The molecule has 16 heavy (non-hydrogen) atoms. The number of halogens is 1. The molecule has 1 aromatic carbocycles. The van der Waals surface area contributed by atoms with Gasteiger partial charge in [-0.2, -0.15) is 0 Å². The van der Waals surface area contributed by atoms with Gasteiger partial charge in [-0.1, -0.05) is 25.1 Å². The minimum Gasteiger partial charge on any atom is -0.253 e. The van der Waals surface area contributed by atoms with Gasteiger partial charge in [-0.3, -0.25) is 4.98 Å². The second-order valence-corrected chi connectivity index (χ2v) is 3.80. The molecule has 1 heterocycles. The van der Waals surface area contributed by atoms with Gasteiger partial charge in [0.2, 0.25) is 0 Å². The van der Waals surface area contributed by atoms with E-state index in [0.29, 0.717) is 0 Å². The molecule has 0 spiro atoms. The van der Waals surface area contributed by atoms with Crippen LogP contribution in [-0.4, -0.2) is 4.98 Å². The largest absolute Gasteiger partial charge is 0.253 e. The van der Waals surface area contributed by atoms with Crippen molar-refractivity contribution in [3.8, 4) is 11.3 Å². The third-order valence-corrected chi connectivity index (χ3v) is 2.70. The van der Waals surface area contributed by atoms with Crippen LogP contribution in [0.2, 0.25) is 0 Å². The van der Waals surface area contributed by atoms with E-state index in [1.165, 1.54) is 17.7 Å². The normalized spacial score (nSPS) is 10.4. The molecule has 1 nitrogen and oxygen atoms in total. The first-order valence-electron chi connectivity index (χ1n) is 5.43. The lowest BCUT2D eigenvalue weighted by Gasteiger charge is -2.06. The van der Waals surface area contributed by atoms with E-state index in [2.05, 4.69) is 18.0 Å². The number of pyridine rings is 1. The molecule has 0 aliphatic rings. The van der Waals surface area contributed by atoms with Crippen LogP contribution >= 0.6 is 0 Å². The monoisotopic (exact) mass is 215 g/mol. The number of aryl methyl sites for hydroxylation is 2. The van der Waals surface area contributed by atoms with E-state index in [-0.39, 0.29) is 5.82 Å². The highest BCUT2D eigenvalue weighted by atomic mass is 19.1. The maximum Gasteiger partial charge on any atom is 0.123 e. The molecule has 0 saturated heterocycles. The zero-order chi connectivity index (χ0) is 11.5. The average Bonchev–Trinajstić information content (AvgIpc) is 2.29. The molecule has 0 aliphatic heterocycles. The lowest BCUT2D eigenvalue weighted by atomic mass is 10.1. The van der Waals surface area contributed by atoms with Crippen molar-refractivity contribution in [1.29, 1.82) is 0 Å². The van der Waals surface area contributed by atoms with Crippen LogP contribution in [0.1, 0.15) is 18.2 Å². The highest BCUT2D eigenvalue weighted by Gasteiger charge is 2.03. The van der Waals surface area contributed by atoms with Crippen molar-refractivity contribution in [1.82, 2.24) is 4.98 Å². The number of hydrogen-bond acceptors (Lipinski definition) is 1. The quantitative estimate of drug-likeness (QED) is 0.743. The lowest BCUT2D eigenvalue weighted by molar-refractivity contribution is 0.628. The van der Waals surface area contributed by atoms with Crippen molar-refractivity contribution in [2.24, 2.45) is 0 Å². The van der Waals surface area contributed by atoms with Gasteiger partial charge in [0.05, 0.1) is 5.69 Å². The third-order valence-electron chi connectivity index (χ3n) is 2.70. The lowest BCUT2D eigenvalue weighted by Crippen LogP contribution is -1.93. The second kappa shape index (κ2) is 4.44. The topological polar surface area (TPSA) is 12.9 Å². The molecule has 0 amide bonds. The van der Waals surface area contributed by atoms with Gasteiger partial charge in [0.15, 0.2) is 0 Å².